The Hall–Kier alpha value is -0.0100. The van der Waals surface area contributed by atoms with Gasteiger partial charge >= 0.3 is 0 Å². The van der Waals surface area contributed by atoms with Gasteiger partial charge in [-0.25, -0.2) is 4.98 Å². The van der Waals surface area contributed by atoms with Gasteiger partial charge < -0.3 is 5.11 Å². The highest BCUT2D eigenvalue weighted by molar-refractivity contribution is 14.1. The fourth-order valence-electron chi connectivity index (χ4n) is 7.25. The number of fused-ring (bicyclic) bond motifs is 7. The number of thiazole rings is 1. The van der Waals surface area contributed by atoms with Crippen LogP contribution >= 0.6 is 33.9 Å². The van der Waals surface area contributed by atoms with Gasteiger partial charge in [-0.2, -0.15) is 0 Å². The smallest absolute Gasteiger partial charge is 0.154 e. The molecule has 1 heterocycles. The third kappa shape index (κ3) is 2.18. The van der Waals surface area contributed by atoms with Crippen LogP contribution in [0.3, 0.4) is 0 Å². The van der Waals surface area contributed by atoms with E-state index in [9.17, 15) is 9.90 Å². The number of rotatable bonds is 0. The van der Waals surface area contributed by atoms with Crippen molar-refractivity contribution < 1.29 is 9.90 Å². The molecular weight excluding hydrogens is 445 g/mol. The van der Waals surface area contributed by atoms with Crippen molar-refractivity contribution in [2.45, 2.75) is 70.8 Å². The summed E-state index contributed by atoms with van der Waals surface area (Å²) in [6.45, 7) is 4.65. The lowest BCUT2D eigenvalue weighted by atomic mass is 9.45. The molecule has 5 rings (SSSR count). The second kappa shape index (κ2) is 5.51. The molecule has 0 aromatic carbocycles. The predicted molar refractivity (Wildman–Crippen MR) is 107 cm³/mol. The summed E-state index contributed by atoms with van der Waals surface area (Å²) in [5.41, 5.74) is 1.30. The van der Waals surface area contributed by atoms with E-state index in [-0.39, 0.29) is 22.9 Å². The van der Waals surface area contributed by atoms with E-state index in [1.807, 2.05) is 0 Å². The molecule has 7 atom stereocenters. The quantitative estimate of drug-likeness (QED) is 0.565. The summed E-state index contributed by atoms with van der Waals surface area (Å²) in [5, 5.41) is 11.2. The van der Waals surface area contributed by atoms with Crippen molar-refractivity contribution in [3.8, 4) is 0 Å². The molecule has 1 N–H and O–H groups in total. The molecule has 0 saturated heterocycles. The van der Waals surface area contributed by atoms with Crippen molar-refractivity contribution in [2.24, 2.45) is 28.6 Å². The lowest BCUT2D eigenvalue weighted by Gasteiger charge is -2.60. The first-order chi connectivity index (χ1) is 11.8. The molecule has 5 heteroatoms. The van der Waals surface area contributed by atoms with E-state index < -0.39 is 0 Å². The summed E-state index contributed by atoms with van der Waals surface area (Å²) in [7, 11) is 0. The van der Waals surface area contributed by atoms with E-state index >= 15 is 0 Å². The lowest BCUT2D eigenvalue weighted by molar-refractivity contribution is -0.142. The molecule has 3 saturated carbocycles. The first-order valence-electron chi connectivity index (χ1n) is 9.71. The van der Waals surface area contributed by atoms with Crippen LogP contribution in [-0.4, -0.2) is 22.0 Å². The second-order valence-corrected chi connectivity index (χ2v) is 12.1. The zero-order valence-corrected chi connectivity index (χ0v) is 17.9. The first kappa shape index (κ1) is 17.1. The Kier molecular flexibility index (Phi) is 3.77. The number of nitrogens with zero attached hydrogens (tertiary/aromatic N) is 1. The van der Waals surface area contributed by atoms with Gasteiger partial charge in [0.05, 0.1) is 11.8 Å². The van der Waals surface area contributed by atoms with Crippen molar-refractivity contribution in [2.75, 3.05) is 0 Å². The minimum Gasteiger partial charge on any atom is -0.392 e. The average Bonchev–Trinajstić information content (AvgIpc) is 3.06. The second-order valence-electron chi connectivity index (χ2n) is 9.36. The number of carbonyl (C=O) groups excluding carboxylic acids is 1. The van der Waals surface area contributed by atoms with Gasteiger partial charge in [-0.15, -0.1) is 11.3 Å². The maximum atomic E-state index is 12.5. The van der Waals surface area contributed by atoms with Crippen LogP contribution in [0.4, 0.5) is 0 Å². The molecule has 4 aliphatic rings. The molecule has 0 bridgehead atoms. The van der Waals surface area contributed by atoms with Gasteiger partial charge in [0.2, 0.25) is 0 Å². The normalized spacial score (nSPS) is 48.5. The molecule has 1 aromatic heterocycles. The predicted octanol–water partition coefficient (Wildman–Crippen LogP) is 4.56. The van der Waals surface area contributed by atoms with Crippen molar-refractivity contribution in [3.05, 3.63) is 13.6 Å². The Labute approximate surface area is 167 Å². The Balaban J connectivity index is 1.56. The maximum Gasteiger partial charge on any atom is 0.154 e. The van der Waals surface area contributed by atoms with E-state index in [1.54, 1.807) is 11.3 Å². The molecule has 0 spiro atoms. The fourth-order valence-corrected chi connectivity index (χ4v) is 9.41. The summed E-state index contributed by atoms with van der Waals surface area (Å²) < 4.78 is 1.11. The molecule has 0 aliphatic heterocycles. The molecule has 3 nitrogen and oxygen atoms in total. The zero-order valence-electron chi connectivity index (χ0n) is 14.9. The number of aliphatic hydroxyl groups excluding tert-OH is 1. The molecule has 0 unspecified atom stereocenters. The van der Waals surface area contributed by atoms with Crippen LogP contribution < -0.4 is 0 Å². The van der Waals surface area contributed by atoms with Gasteiger partial charge in [0.1, 0.15) is 5.78 Å². The Bertz CT molecular complexity index is 748. The summed E-state index contributed by atoms with van der Waals surface area (Å²) >= 11 is 4.12. The maximum absolute atomic E-state index is 12.5. The highest BCUT2D eigenvalue weighted by atomic mass is 127. The summed E-state index contributed by atoms with van der Waals surface area (Å²) in [6, 6.07) is 0. The minimum atomic E-state index is -0.278. The highest BCUT2D eigenvalue weighted by Crippen LogP contribution is 2.67. The fraction of sp³-hybridized carbons (Fsp3) is 0.800. The molecule has 0 radical (unpaired) electrons. The standard InChI is InChI=1S/C20H26INO2S/c1-19-7-5-12-10(11(19)3-4-15(19)24)9-14(23)16-17-13(22-18(21)25-17)6-8-20(12,16)2/h10-12,14,16,23H,3-9H2,1-2H3/t10-,11-,12-,14-,16-,19-,20+/m0/s1. The third-order valence-corrected chi connectivity index (χ3v) is 10.4. The number of aryl methyl sites for hydroxylation is 1. The van der Waals surface area contributed by atoms with Crippen LogP contribution in [0.5, 0.6) is 0 Å². The van der Waals surface area contributed by atoms with Crippen molar-refractivity contribution >= 4 is 39.7 Å². The largest absolute Gasteiger partial charge is 0.392 e. The molecule has 136 valence electrons. The van der Waals surface area contributed by atoms with Gasteiger partial charge in [0.25, 0.3) is 0 Å². The number of ketones is 1. The topological polar surface area (TPSA) is 50.2 Å². The third-order valence-electron chi connectivity index (χ3n) is 8.49. The summed E-state index contributed by atoms with van der Waals surface area (Å²) in [6.07, 6.45) is 6.83. The number of aromatic nitrogens is 1. The monoisotopic (exact) mass is 471 g/mol. The van der Waals surface area contributed by atoms with E-state index in [0.717, 1.165) is 48.0 Å². The van der Waals surface area contributed by atoms with E-state index in [1.165, 1.54) is 10.6 Å². The summed E-state index contributed by atoms with van der Waals surface area (Å²) in [5.74, 6) is 2.41. The Morgan fingerprint density at radius 2 is 2.00 bits per heavy atom. The Morgan fingerprint density at radius 1 is 1.20 bits per heavy atom. The highest BCUT2D eigenvalue weighted by Gasteiger charge is 2.62. The van der Waals surface area contributed by atoms with Gasteiger partial charge in [-0.1, -0.05) is 13.8 Å². The molecule has 25 heavy (non-hydrogen) atoms. The van der Waals surface area contributed by atoms with Crippen LogP contribution in [0.1, 0.15) is 68.9 Å². The van der Waals surface area contributed by atoms with Crippen LogP contribution in [0, 0.1) is 31.6 Å². The molecule has 1 aromatic rings. The van der Waals surface area contributed by atoms with Crippen LogP contribution in [0.25, 0.3) is 0 Å². The number of hydrogen-bond donors (Lipinski definition) is 1. The first-order valence-corrected chi connectivity index (χ1v) is 11.6. The number of aliphatic hydroxyl groups is 1. The van der Waals surface area contributed by atoms with Crippen LogP contribution in [-0.2, 0) is 11.2 Å². The van der Waals surface area contributed by atoms with Gasteiger partial charge in [0, 0.05) is 22.6 Å². The van der Waals surface area contributed by atoms with Gasteiger partial charge in [-0.05, 0) is 84.3 Å². The van der Waals surface area contributed by atoms with Crippen molar-refractivity contribution in [3.63, 3.8) is 0 Å². The number of carbonyl (C=O) groups is 1. The molecular formula is C20H26INO2S. The molecule has 4 aliphatic carbocycles. The lowest BCUT2D eigenvalue weighted by Crippen LogP contribution is -2.56. The van der Waals surface area contributed by atoms with Gasteiger partial charge in [0.15, 0.2) is 3.01 Å². The van der Waals surface area contributed by atoms with Crippen molar-refractivity contribution in [1.29, 1.82) is 0 Å². The van der Waals surface area contributed by atoms with E-state index in [0.29, 0.717) is 23.5 Å². The minimum absolute atomic E-state index is 0.107. The van der Waals surface area contributed by atoms with E-state index in [2.05, 4.69) is 36.4 Å². The van der Waals surface area contributed by atoms with Gasteiger partial charge in [-0.3, -0.25) is 4.79 Å². The average molecular weight is 471 g/mol. The van der Waals surface area contributed by atoms with Crippen LogP contribution in [0.2, 0.25) is 0 Å². The molecule has 0 amide bonds. The van der Waals surface area contributed by atoms with Crippen molar-refractivity contribution in [1.82, 2.24) is 4.98 Å². The Morgan fingerprint density at radius 3 is 2.80 bits per heavy atom. The van der Waals surface area contributed by atoms with Crippen LogP contribution in [0.15, 0.2) is 0 Å². The SMILES string of the molecule is C[C@]12CCc3nc(I)sc3[C@@H]1[C@@H](O)C[C@@H]1[C@@H]2CC[C@]2(C)C(=O)CC[C@@H]12. The zero-order chi connectivity index (χ0) is 17.6. The van der Waals surface area contributed by atoms with E-state index in [4.69, 9.17) is 4.98 Å². The summed E-state index contributed by atoms with van der Waals surface area (Å²) in [4.78, 5) is 18.6. The number of hydrogen-bond acceptors (Lipinski definition) is 4. The molecule has 3 fully saturated rings. The number of Topliss-reactive ketones (excluding diaryl/α,β-unsaturated/α-hetero) is 1. The number of halogens is 1.